The maximum Gasteiger partial charge on any atom is 0.417 e. The molecule has 1 amide bonds. The van der Waals surface area contributed by atoms with E-state index in [1.807, 2.05) is 0 Å². The summed E-state index contributed by atoms with van der Waals surface area (Å²) in [7, 11) is 0. The van der Waals surface area contributed by atoms with Crippen LogP contribution in [0.4, 0.5) is 22.0 Å². The number of aromatic nitrogens is 2. The summed E-state index contributed by atoms with van der Waals surface area (Å²) in [6.07, 6.45) is -1.22. The average molecular weight is 613 g/mol. The van der Waals surface area contributed by atoms with Crippen LogP contribution in [0.15, 0.2) is 30.3 Å². The highest BCUT2D eigenvalue weighted by atomic mass is 19.4. The standard InChI is InChI=1S/C31H41F5N4O3/c1-20(39-15-9-14-30(32,33)19-39)16-21(17-27(41)43-29(2,3)4)37-28(42)25-18-26(40(38-25)22-10-5-6-11-22)23-12-7-8-13-24(23)31(34,35)36/h7-8,12-13,18,20-22H,5-6,9-11,14-17,19H2,1-4H3,(H,37,42). The van der Waals surface area contributed by atoms with Crippen LogP contribution in [0.1, 0.15) is 101 Å². The maximum absolute atomic E-state index is 14.1. The summed E-state index contributed by atoms with van der Waals surface area (Å²) < 4.78 is 77.0. The van der Waals surface area contributed by atoms with Gasteiger partial charge < -0.3 is 10.1 Å². The van der Waals surface area contributed by atoms with Crippen molar-refractivity contribution in [3.63, 3.8) is 0 Å². The molecule has 2 aliphatic rings. The Hall–Kier alpha value is -3.02. The molecule has 238 valence electrons. The van der Waals surface area contributed by atoms with Gasteiger partial charge in [-0.25, -0.2) is 8.78 Å². The van der Waals surface area contributed by atoms with Gasteiger partial charge in [-0.1, -0.05) is 31.0 Å². The van der Waals surface area contributed by atoms with Crippen molar-refractivity contribution in [2.24, 2.45) is 0 Å². The van der Waals surface area contributed by atoms with Crippen LogP contribution < -0.4 is 5.32 Å². The van der Waals surface area contributed by atoms with Gasteiger partial charge in [0.25, 0.3) is 11.8 Å². The minimum Gasteiger partial charge on any atom is -0.460 e. The quantitative estimate of drug-likeness (QED) is 0.243. The monoisotopic (exact) mass is 612 g/mol. The highest BCUT2D eigenvalue weighted by Crippen LogP contribution is 2.40. The number of nitrogens with zero attached hydrogens (tertiary/aromatic N) is 3. The lowest BCUT2D eigenvalue weighted by Crippen LogP contribution is -2.49. The Labute approximate surface area is 249 Å². The number of halogens is 5. The number of carbonyl (C=O) groups excluding carboxylic acids is 2. The van der Waals surface area contributed by atoms with Crippen LogP contribution in [0.3, 0.4) is 0 Å². The molecule has 0 bridgehead atoms. The van der Waals surface area contributed by atoms with Crippen LogP contribution in [0.2, 0.25) is 0 Å². The summed E-state index contributed by atoms with van der Waals surface area (Å²) in [6.45, 7) is 6.98. The lowest BCUT2D eigenvalue weighted by atomic mass is 9.99. The first kappa shape index (κ1) is 32.9. The Bertz CT molecular complexity index is 1280. The normalized spacial score (nSPS) is 19.7. The number of ether oxygens (including phenoxy) is 1. The highest BCUT2D eigenvalue weighted by molar-refractivity contribution is 5.94. The second-order valence-electron chi connectivity index (χ2n) is 12.8. The van der Waals surface area contributed by atoms with Crippen molar-refractivity contribution >= 4 is 11.9 Å². The molecule has 1 aromatic heterocycles. The maximum atomic E-state index is 14.1. The topological polar surface area (TPSA) is 76.5 Å². The zero-order chi connectivity index (χ0) is 31.6. The highest BCUT2D eigenvalue weighted by Gasteiger charge is 2.38. The predicted octanol–water partition coefficient (Wildman–Crippen LogP) is 7.02. The molecular weight excluding hydrogens is 571 g/mol. The molecule has 7 nitrogen and oxygen atoms in total. The lowest BCUT2D eigenvalue weighted by molar-refractivity contribution is -0.155. The first-order chi connectivity index (χ1) is 20.0. The van der Waals surface area contributed by atoms with Crippen LogP contribution in [-0.4, -0.2) is 63.3 Å². The van der Waals surface area contributed by atoms with Gasteiger partial charge in [0.05, 0.1) is 30.3 Å². The SMILES string of the molecule is CC(CC(CC(=O)OC(C)(C)C)NC(=O)c1cc(-c2ccccc2C(F)(F)F)n(C2CCCC2)n1)N1CCCC(F)(F)C1. The minimum absolute atomic E-state index is 0.0709. The molecule has 1 N–H and O–H groups in total. The Morgan fingerprint density at radius 1 is 1.12 bits per heavy atom. The smallest absolute Gasteiger partial charge is 0.417 e. The molecular formula is C31H41F5N4O3. The molecule has 2 heterocycles. The second kappa shape index (κ2) is 12.9. The fraction of sp³-hybridized carbons (Fsp3) is 0.645. The van der Waals surface area contributed by atoms with Gasteiger partial charge in [0.2, 0.25) is 0 Å². The molecule has 0 radical (unpaired) electrons. The van der Waals surface area contributed by atoms with Gasteiger partial charge in [-0.2, -0.15) is 18.3 Å². The van der Waals surface area contributed by atoms with Crippen LogP contribution >= 0.6 is 0 Å². The van der Waals surface area contributed by atoms with Crippen molar-refractivity contribution in [1.29, 1.82) is 0 Å². The number of esters is 1. The number of hydrogen-bond acceptors (Lipinski definition) is 5. The zero-order valence-corrected chi connectivity index (χ0v) is 25.1. The number of carbonyl (C=O) groups is 2. The van der Waals surface area contributed by atoms with Crippen molar-refractivity contribution in [2.75, 3.05) is 13.1 Å². The fourth-order valence-electron chi connectivity index (χ4n) is 6.06. The third-order valence-electron chi connectivity index (χ3n) is 7.99. The molecule has 43 heavy (non-hydrogen) atoms. The number of rotatable bonds is 9. The summed E-state index contributed by atoms with van der Waals surface area (Å²) in [5.41, 5.74) is -1.55. The van der Waals surface area contributed by atoms with E-state index in [9.17, 15) is 31.5 Å². The van der Waals surface area contributed by atoms with Gasteiger partial charge >= 0.3 is 12.1 Å². The van der Waals surface area contributed by atoms with Crippen LogP contribution in [0, 0.1) is 0 Å². The van der Waals surface area contributed by atoms with E-state index in [2.05, 4.69) is 10.4 Å². The predicted molar refractivity (Wildman–Crippen MR) is 152 cm³/mol. The molecule has 1 aliphatic carbocycles. The fourth-order valence-corrected chi connectivity index (χ4v) is 6.06. The Morgan fingerprint density at radius 2 is 1.79 bits per heavy atom. The van der Waals surface area contributed by atoms with Crippen LogP contribution in [-0.2, 0) is 15.7 Å². The van der Waals surface area contributed by atoms with Crippen LogP contribution in [0.5, 0.6) is 0 Å². The molecule has 12 heteroatoms. The number of alkyl halides is 5. The number of benzene rings is 1. The Balaban J connectivity index is 1.62. The lowest BCUT2D eigenvalue weighted by Gasteiger charge is -2.37. The molecule has 1 aromatic carbocycles. The zero-order valence-electron chi connectivity index (χ0n) is 25.1. The Kier molecular flexibility index (Phi) is 9.88. The molecule has 2 atom stereocenters. The summed E-state index contributed by atoms with van der Waals surface area (Å²) in [5.74, 6) is -4.04. The van der Waals surface area contributed by atoms with E-state index in [1.54, 1.807) is 32.6 Å². The molecule has 2 fully saturated rings. The van der Waals surface area contributed by atoms with E-state index in [1.165, 1.54) is 28.9 Å². The molecule has 2 aromatic rings. The third kappa shape index (κ3) is 8.77. The van der Waals surface area contributed by atoms with E-state index >= 15 is 0 Å². The van der Waals surface area contributed by atoms with Gasteiger partial charge in [-0.05, 0) is 72.1 Å². The van der Waals surface area contributed by atoms with Gasteiger partial charge in [0.1, 0.15) is 5.60 Å². The minimum atomic E-state index is -4.61. The average Bonchev–Trinajstić information content (AvgIpc) is 3.57. The first-order valence-electron chi connectivity index (χ1n) is 14.9. The van der Waals surface area contributed by atoms with Crippen molar-refractivity contribution in [1.82, 2.24) is 20.0 Å². The summed E-state index contributed by atoms with van der Waals surface area (Å²) in [6, 6.07) is 5.24. The van der Waals surface area contributed by atoms with Gasteiger partial charge in [0, 0.05) is 24.1 Å². The third-order valence-corrected chi connectivity index (χ3v) is 7.99. The number of amides is 1. The largest absolute Gasteiger partial charge is 0.460 e. The van der Waals surface area contributed by atoms with Gasteiger partial charge in [-0.15, -0.1) is 0 Å². The summed E-state index contributed by atoms with van der Waals surface area (Å²) in [4.78, 5) is 28.0. The van der Waals surface area contributed by atoms with Crippen molar-refractivity contribution < 1.29 is 36.3 Å². The summed E-state index contributed by atoms with van der Waals surface area (Å²) >= 11 is 0. The summed E-state index contributed by atoms with van der Waals surface area (Å²) in [5, 5.41) is 7.30. The van der Waals surface area contributed by atoms with Crippen molar-refractivity contribution in [3.05, 3.63) is 41.6 Å². The second-order valence-corrected chi connectivity index (χ2v) is 12.8. The molecule has 1 aliphatic heterocycles. The Morgan fingerprint density at radius 3 is 2.42 bits per heavy atom. The van der Waals surface area contributed by atoms with Crippen molar-refractivity contribution in [2.45, 2.75) is 115 Å². The van der Waals surface area contributed by atoms with Gasteiger partial charge in [0.15, 0.2) is 5.69 Å². The first-order valence-corrected chi connectivity index (χ1v) is 14.9. The van der Waals surface area contributed by atoms with E-state index in [0.717, 1.165) is 31.7 Å². The molecule has 1 saturated heterocycles. The number of piperidine rings is 1. The molecule has 2 unspecified atom stereocenters. The van der Waals surface area contributed by atoms with E-state index in [0.29, 0.717) is 13.0 Å². The molecule has 4 rings (SSSR count). The van der Waals surface area contributed by atoms with Crippen molar-refractivity contribution in [3.8, 4) is 11.3 Å². The number of nitrogens with one attached hydrogen (secondary N) is 1. The molecule has 1 saturated carbocycles. The number of hydrogen-bond donors (Lipinski definition) is 1. The van der Waals surface area contributed by atoms with E-state index < -0.39 is 47.7 Å². The van der Waals surface area contributed by atoms with E-state index in [-0.39, 0.29) is 48.3 Å². The molecule has 0 spiro atoms. The van der Waals surface area contributed by atoms with E-state index in [4.69, 9.17) is 4.74 Å². The van der Waals surface area contributed by atoms with Gasteiger partial charge in [-0.3, -0.25) is 19.2 Å². The number of likely N-dealkylation sites (tertiary alicyclic amines) is 1. The van der Waals surface area contributed by atoms with Crippen LogP contribution in [0.25, 0.3) is 11.3 Å².